The van der Waals surface area contributed by atoms with Crippen molar-refractivity contribution in [3.05, 3.63) is 0 Å². The van der Waals surface area contributed by atoms with Crippen LogP contribution < -0.4 is 0 Å². The molecule has 0 aliphatic carbocycles. The summed E-state index contributed by atoms with van der Waals surface area (Å²) < 4.78 is 0. The van der Waals surface area contributed by atoms with E-state index in [0.29, 0.717) is 13.0 Å². The van der Waals surface area contributed by atoms with Gasteiger partial charge in [-0.15, -0.1) is 0 Å². The van der Waals surface area contributed by atoms with E-state index in [4.69, 9.17) is 0 Å². The Hall–Kier alpha value is -0.610. The summed E-state index contributed by atoms with van der Waals surface area (Å²) in [5.74, 6) is -0.188. The highest BCUT2D eigenvalue weighted by atomic mass is 16.3. The number of hydrogen-bond donors (Lipinski definition) is 1. The van der Waals surface area contributed by atoms with Gasteiger partial charge in [-0.2, -0.15) is 0 Å². The van der Waals surface area contributed by atoms with Crippen LogP contribution in [0.1, 0.15) is 20.3 Å². The Morgan fingerprint density at radius 3 is 2.21 bits per heavy atom. The molecule has 0 aromatic carbocycles. The number of aliphatic hydroxyl groups is 1. The molecule has 14 heavy (non-hydrogen) atoms. The highest BCUT2D eigenvalue weighted by molar-refractivity contribution is 5.85. The van der Waals surface area contributed by atoms with E-state index >= 15 is 0 Å². The van der Waals surface area contributed by atoms with Gasteiger partial charge in [-0.3, -0.25) is 4.79 Å². The van der Waals surface area contributed by atoms with Gasteiger partial charge in [0.2, 0.25) is 0 Å². The lowest BCUT2D eigenvalue weighted by molar-refractivity contribution is -0.147. The molecule has 0 saturated carbocycles. The summed E-state index contributed by atoms with van der Waals surface area (Å²) in [6.45, 7) is 5.24. The summed E-state index contributed by atoms with van der Waals surface area (Å²) >= 11 is 0. The van der Waals surface area contributed by atoms with E-state index in [1.54, 1.807) is 14.1 Å². The summed E-state index contributed by atoms with van der Waals surface area (Å²) in [6, 6.07) is 0. The van der Waals surface area contributed by atoms with Crippen LogP contribution in [0.3, 0.4) is 0 Å². The van der Waals surface area contributed by atoms with Gasteiger partial charge in [0.1, 0.15) is 0 Å². The summed E-state index contributed by atoms with van der Waals surface area (Å²) in [5, 5.41) is 9.87. The van der Waals surface area contributed by atoms with E-state index in [9.17, 15) is 9.90 Å². The van der Waals surface area contributed by atoms with Gasteiger partial charge in [-0.25, -0.2) is 0 Å². The van der Waals surface area contributed by atoms with E-state index in [0.717, 1.165) is 6.54 Å². The Balaban J connectivity index is 0.000000791. The molecular weight excluding hydrogens is 180 g/mol. The molecule has 1 rings (SSSR count). The van der Waals surface area contributed by atoms with Crippen molar-refractivity contribution < 1.29 is 9.90 Å². The second-order valence-electron chi connectivity index (χ2n) is 3.72. The summed E-state index contributed by atoms with van der Waals surface area (Å²) in [6.07, 6.45) is 0.542. The van der Waals surface area contributed by atoms with Crippen LogP contribution in [0.5, 0.6) is 0 Å². The second-order valence-corrected chi connectivity index (χ2v) is 3.72. The van der Waals surface area contributed by atoms with Gasteiger partial charge < -0.3 is 14.9 Å². The average Bonchev–Trinajstić information content (AvgIpc) is 2.49. The van der Waals surface area contributed by atoms with Gasteiger partial charge in [0.15, 0.2) is 5.60 Å². The van der Waals surface area contributed by atoms with Crippen molar-refractivity contribution in [2.45, 2.75) is 25.9 Å². The van der Waals surface area contributed by atoms with Crippen LogP contribution >= 0.6 is 0 Å². The number of likely N-dealkylation sites (N-methyl/N-ethyl adjacent to an activating group) is 2. The molecule has 1 aliphatic rings. The number of β-amino-alcohol motifs (C(OH)–C–C–N with tert-alkyl or cyclic N) is 1. The van der Waals surface area contributed by atoms with Gasteiger partial charge in [-0.1, -0.05) is 13.8 Å². The molecule has 1 saturated heterocycles. The standard InChI is InChI=1S/C8H16N2O2.C2H6/c1-9(2)7(11)8(12)4-5-10(3)6-8;1-2/h12H,4-6H2,1-3H3;1-2H3. The van der Waals surface area contributed by atoms with Crippen molar-refractivity contribution in [1.29, 1.82) is 0 Å². The monoisotopic (exact) mass is 202 g/mol. The lowest BCUT2D eigenvalue weighted by Crippen LogP contribution is -2.47. The fraction of sp³-hybridized carbons (Fsp3) is 0.900. The van der Waals surface area contributed by atoms with Crippen LogP contribution in [0.2, 0.25) is 0 Å². The van der Waals surface area contributed by atoms with Crippen molar-refractivity contribution >= 4 is 5.91 Å². The van der Waals surface area contributed by atoms with E-state index in [1.165, 1.54) is 4.90 Å². The maximum atomic E-state index is 11.5. The number of nitrogens with zero attached hydrogens (tertiary/aromatic N) is 2. The Bertz CT molecular complexity index is 195. The molecule has 1 aliphatic heterocycles. The van der Waals surface area contributed by atoms with Crippen LogP contribution in [0.25, 0.3) is 0 Å². The van der Waals surface area contributed by atoms with E-state index in [-0.39, 0.29) is 5.91 Å². The Labute approximate surface area is 86.5 Å². The van der Waals surface area contributed by atoms with E-state index < -0.39 is 5.60 Å². The van der Waals surface area contributed by atoms with Crippen molar-refractivity contribution in [3.63, 3.8) is 0 Å². The van der Waals surface area contributed by atoms with E-state index in [1.807, 2.05) is 25.8 Å². The number of amides is 1. The SMILES string of the molecule is CC.CN1CCC(O)(C(=O)N(C)C)C1. The van der Waals surface area contributed by atoms with Crippen LogP contribution in [0.4, 0.5) is 0 Å². The molecule has 4 heteroatoms. The number of rotatable bonds is 1. The zero-order valence-corrected chi connectivity index (χ0v) is 9.87. The molecule has 1 heterocycles. The highest BCUT2D eigenvalue weighted by Crippen LogP contribution is 2.21. The predicted molar refractivity (Wildman–Crippen MR) is 57.1 cm³/mol. The Kier molecular flexibility index (Phi) is 5.08. The van der Waals surface area contributed by atoms with Gasteiger partial charge in [0.05, 0.1) is 0 Å². The fourth-order valence-electron chi connectivity index (χ4n) is 1.57. The molecule has 0 aromatic rings. The van der Waals surface area contributed by atoms with E-state index in [2.05, 4.69) is 0 Å². The summed E-state index contributed by atoms with van der Waals surface area (Å²) in [7, 11) is 5.23. The van der Waals surface area contributed by atoms with Crippen LogP contribution in [0, 0.1) is 0 Å². The number of hydrogen-bond acceptors (Lipinski definition) is 3. The molecule has 1 fully saturated rings. The first-order valence-electron chi connectivity index (χ1n) is 5.08. The third-order valence-electron chi connectivity index (χ3n) is 2.24. The minimum absolute atomic E-state index is 0.188. The topological polar surface area (TPSA) is 43.8 Å². The van der Waals surface area contributed by atoms with Crippen LogP contribution in [-0.2, 0) is 4.79 Å². The quantitative estimate of drug-likeness (QED) is 0.659. The van der Waals surface area contributed by atoms with Crippen molar-refractivity contribution in [3.8, 4) is 0 Å². The third-order valence-corrected chi connectivity index (χ3v) is 2.24. The number of carbonyl (C=O) groups is 1. The lowest BCUT2D eigenvalue weighted by atomic mass is 10.0. The first-order chi connectivity index (χ1) is 6.46. The largest absolute Gasteiger partial charge is 0.379 e. The smallest absolute Gasteiger partial charge is 0.255 e. The molecule has 1 unspecified atom stereocenters. The van der Waals surface area contributed by atoms with Gasteiger partial charge in [0, 0.05) is 27.2 Å². The highest BCUT2D eigenvalue weighted by Gasteiger charge is 2.42. The van der Waals surface area contributed by atoms with Crippen LogP contribution in [-0.4, -0.2) is 60.6 Å². The minimum Gasteiger partial charge on any atom is -0.379 e. The number of carbonyl (C=O) groups excluding carboxylic acids is 1. The van der Waals surface area contributed by atoms with Crippen molar-refractivity contribution in [2.75, 3.05) is 34.2 Å². The fourth-order valence-corrected chi connectivity index (χ4v) is 1.57. The molecule has 0 aromatic heterocycles. The average molecular weight is 202 g/mol. The van der Waals surface area contributed by atoms with Crippen molar-refractivity contribution in [1.82, 2.24) is 9.80 Å². The summed E-state index contributed by atoms with van der Waals surface area (Å²) in [5.41, 5.74) is -1.14. The normalized spacial score (nSPS) is 26.7. The van der Waals surface area contributed by atoms with Crippen molar-refractivity contribution in [2.24, 2.45) is 0 Å². The maximum Gasteiger partial charge on any atom is 0.255 e. The molecule has 0 spiro atoms. The van der Waals surface area contributed by atoms with Gasteiger partial charge >= 0.3 is 0 Å². The molecule has 4 nitrogen and oxygen atoms in total. The zero-order chi connectivity index (χ0) is 11.4. The first-order valence-corrected chi connectivity index (χ1v) is 5.08. The molecule has 84 valence electrons. The molecular formula is C10H22N2O2. The number of likely N-dealkylation sites (tertiary alicyclic amines) is 1. The molecule has 1 atom stereocenters. The maximum absolute atomic E-state index is 11.5. The Morgan fingerprint density at radius 1 is 1.43 bits per heavy atom. The molecule has 0 bridgehead atoms. The van der Waals surface area contributed by atoms with Crippen LogP contribution in [0.15, 0.2) is 0 Å². The molecule has 0 radical (unpaired) electrons. The summed E-state index contributed by atoms with van der Waals surface area (Å²) in [4.78, 5) is 14.9. The molecule has 1 N–H and O–H groups in total. The molecule has 1 amide bonds. The van der Waals surface area contributed by atoms with Gasteiger partial charge in [0.25, 0.3) is 5.91 Å². The Morgan fingerprint density at radius 2 is 1.93 bits per heavy atom. The predicted octanol–water partition coefficient (Wildman–Crippen LogP) is 0.167. The third kappa shape index (κ3) is 2.96. The minimum atomic E-state index is -1.14. The lowest BCUT2D eigenvalue weighted by Gasteiger charge is -2.24. The second kappa shape index (κ2) is 5.32. The zero-order valence-electron chi connectivity index (χ0n) is 9.87. The first kappa shape index (κ1) is 13.4. The van der Waals surface area contributed by atoms with Gasteiger partial charge in [-0.05, 0) is 13.5 Å².